The summed E-state index contributed by atoms with van der Waals surface area (Å²) in [6, 6.07) is 4.98. The molecule has 0 saturated carbocycles. The molecule has 2 N–H and O–H groups in total. The smallest absolute Gasteiger partial charge is 0.255 e. The van der Waals surface area contributed by atoms with E-state index in [1.165, 1.54) is 0 Å². The zero-order valence-electron chi connectivity index (χ0n) is 11.7. The first-order valence-electron chi connectivity index (χ1n) is 6.94. The molecule has 1 aliphatic heterocycles. The van der Waals surface area contributed by atoms with E-state index in [9.17, 15) is 14.7 Å². The molecule has 0 aliphatic carbocycles. The Bertz CT molecular complexity index is 508. The largest absolute Gasteiger partial charge is 0.507 e. The molecule has 1 aliphatic rings. The number of nitrogens with one attached hydrogen (secondary N) is 1. The van der Waals surface area contributed by atoms with Gasteiger partial charge in [-0.15, -0.1) is 0 Å². The summed E-state index contributed by atoms with van der Waals surface area (Å²) in [7, 11) is 0. The Morgan fingerprint density at radius 2 is 1.95 bits per heavy atom. The van der Waals surface area contributed by atoms with Crippen LogP contribution >= 0.6 is 0 Å². The second-order valence-electron chi connectivity index (χ2n) is 5.10. The van der Waals surface area contributed by atoms with Crippen LogP contribution in [0.1, 0.15) is 35.2 Å². The Hall–Kier alpha value is -2.04. The number of likely N-dealkylation sites (tertiary alicyclic amines) is 1. The molecule has 1 fully saturated rings. The van der Waals surface area contributed by atoms with E-state index in [0.717, 1.165) is 32.4 Å². The van der Waals surface area contributed by atoms with Crippen LogP contribution in [-0.4, -0.2) is 41.5 Å². The van der Waals surface area contributed by atoms with Gasteiger partial charge in [-0.25, -0.2) is 0 Å². The highest BCUT2D eigenvalue weighted by Gasteiger charge is 2.18. The maximum atomic E-state index is 12.0. The molecule has 1 aromatic carbocycles. The van der Waals surface area contributed by atoms with Gasteiger partial charge in [-0.3, -0.25) is 9.59 Å². The molecule has 0 atom stereocenters. The van der Waals surface area contributed by atoms with Gasteiger partial charge < -0.3 is 15.3 Å². The molecule has 0 unspecified atom stereocenters. The molecule has 1 aromatic rings. The summed E-state index contributed by atoms with van der Waals surface area (Å²) < 4.78 is 0. The molecule has 5 heteroatoms. The van der Waals surface area contributed by atoms with Gasteiger partial charge in [0.1, 0.15) is 5.75 Å². The second-order valence-corrected chi connectivity index (χ2v) is 5.10. The Morgan fingerprint density at radius 3 is 2.65 bits per heavy atom. The van der Waals surface area contributed by atoms with Crippen LogP contribution < -0.4 is 5.32 Å². The molecule has 1 saturated heterocycles. The number of amides is 2. The third-order valence-corrected chi connectivity index (χ3v) is 3.59. The molecule has 2 amide bonds. The molecule has 0 bridgehead atoms. The molecule has 0 radical (unpaired) electrons. The van der Waals surface area contributed by atoms with Gasteiger partial charge in [0, 0.05) is 13.1 Å². The van der Waals surface area contributed by atoms with Crippen molar-refractivity contribution in [2.75, 3.05) is 19.6 Å². The van der Waals surface area contributed by atoms with Crippen molar-refractivity contribution < 1.29 is 14.7 Å². The molecular formula is C15H20N2O3. The average Bonchev–Trinajstić information content (AvgIpc) is 2.48. The van der Waals surface area contributed by atoms with E-state index < -0.39 is 5.91 Å². The van der Waals surface area contributed by atoms with Gasteiger partial charge in [-0.1, -0.05) is 12.1 Å². The summed E-state index contributed by atoms with van der Waals surface area (Å²) in [4.78, 5) is 25.7. The first kappa shape index (κ1) is 14.4. The lowest BCUT2D eigenvalue weighted by Crippen LogP contribution is -2.42. The lowest BCUT2D eigenvalue weighted by atomic mass is 10.1. The van der Waals surface area contributed by atoms with E-state index in [1.54, 1.807) is 30.0 Å². The number of para-hydroxylation sites is 1. The molecule has 20 heavy (non-hydrogen) atoms. The van der Waals surface area contributed by atoms with Gasteiger partial charge in [0.15, 0.2) is 0 Å². The number of carbonyl (C=O) groups is 2. The predicted molar refractivity (Wildman–Crippen MR) is 75.6 cm³/mol. The number of aromatic hydroxyl groups is 1. The highest BCUT2D eigenvalue weighted by molar-refractivity contribution is 5.99. The zero-order chi connectivity index (χ0) is 14.5. The third kappa shape index (κ3) is 3.29. The van der Waals surface area contributed by atoms with Crippen molar-refractivity contribution in [3.63, 3.8) is 0 Å². The number of piperidine rings is 1. The van der Waals surface area contributed by atoms with Crippen LogP contribution in [0.5, 0.6) is 5.75 Å². The van der Waals surface area contributed by atoms with Crippen molar-refractivity contribution in [1.82, 2.24) is 10.2 Å². The fourth-order valence-electron chi connectivity index (χ4n) is 2.35. The van der Waals surface area contributed by atoms with Crippen LogP contribution in [-0.2, 0) is 4.79 Å². The molecule has 108 valence electrons. The molecule has 0 aromatic heterocycles. The summed E-state index contributed by atoms with van der Waals surface area (Å²) in [5, 5.41) is 12.4. The minimum atomic E-state index is -0.420. The van der Waals surface area contributed by atoms with Crippen LogP contribution in [0.15, 0.2) is 18.2 Å². The number of hydrogen-bond donors (Lipinski definition) is 2. The highest BCUT2D eigenvalue weighted by Crippen LogP contribution is 2.21. The van der Waals surface area contributed by atoms with Crippen molar-refractivity contribution >= 4 is 11.8 Å². The summed E-state index contributed by atoms with van der Waals surface area (Å²) >= 11 is 0. The van der Waals surface area contributed by atoms with Crippen LogP contribution in [0.25, 0.3) is 0 Å². The number of phenolic OH excluding ortho intramolecular Hbond substituents is 1. The van der Waals surface area contributed by atoms with Gasteiger partial charge >= 0.3 is 0 Å². The van der Waals surface area contributed by atoms with Gasteiger partial charge in [0.2, 0.25) is 5.91 Å². The number of phenols is 1. The normalized spacial score (nSPS) is 14.9. The summed E-state index contributed by atoms with van der Waals surface area (Å²) in [6.45, 7) is 3.24. The van der Waals surface area contributed by atoms with Crippen molar-refractivity contribution in [3.8, 4) is 5.75 Å². The predicted octanol–water partition coefficient (Wildman–Crippen LogP) is 1.44. The average molecular weight is 276 g/mol. The van der Waals surface area contributed by atoms with Crippen LogP contribution in [0, 0.1) is 6.92 Å². The van der Waals surface area contributed by atoms with Crippen molar-refractivity contribution in [3.05, 3.63) is 29.3 Å². The monoisotopic (exact) mass is 276 g/mol. The lowest BCUT2D eigenvalue weighted by Gasteiger charge is -2.26. The Labute approximate surface area is 118 Å². The van der Waals surface area contributed by atoms with E-state index in [-0.39, 0.29) is 23.8 Å². The summed E-state index contributed by atoms with van der Waals surface area (Å²) in [6.07, 6.45) is 3.21. The highest BCUT2D eigenvalue weighted by atomic mass is 16.3. The minimum Gasteiger partial charge on any atom is -0.507 e. The number of nitrogens with zero attached hydrogens (tertiary/aromatic N) is 1. The maximum absolute atomic E-state index is 12.0. The molecular weight excluding hydrogens is 256 g/mol. The van der Waals surface area contributed by atoms with Crippen LogP contribution in [0.2, 0.25) is 0 Å². The van der Waals surface area contributed by atoms with Crippen LogP contribution in [0.3, 0.4) is 0 Å². The van der Waals surface area contributed by atoms with Crippen LogP contribution in [0.4, 0.5) is 0 Å². The van der Waals surface area contributed by atoms with Gasteiger partial charge in [-0.05, 0) is 37.8 Å². The molecule has 1 heterocycles. The number of carbonyl (C=O) groups excluding carboxylic acids is 2. The number of rotatable bonds is 3. The van der Waals surface area contributed by atoms with Crippen molar-refractivity contribution in [1.29, 1.82) is 0 Å². The fraction of sp³-hybridized carbons (Fsp3) is 0.467. The molecule has 0 spiro atoms. The Kier molecular flexibility index (Phi) is 4.61. The van der Waals surface area contributed by atoms with Crippen molar-refractivity contribution in [2.24, 2.45) is 0 Å². The van der Waals surface area contributed by atoms with E-state index >= 15 is 0 Å². The second kappa shape index (κ2) is 6.41. The fourth-order valence-corrected chi connectivity index (χ4v) is 2.35. The summed E-state index contributed by atoms with van der Waals surface area (Å²) in [5.74, 6) is -0.517. The van der Waals surface area contributed by atoms with E-state index in [2.05, 4.69) is 5.32 Å². The lowest BCUT2D eigenvalue weighted by molar-refractivity contribution is -0.130. The number of hydrogen-bond acceptors (Lipinski definition) is 3. The first-order chi connectivity index (χ1) is 9.59. The Balaban J connectivity index is 1.91. The summed E-state index contributed by atoms with van der Waals surface area (Å²) in [5.41, 5.74) is 0.844. The minimum absolute atomic E-state index is 0.0216. The number of aryl methyl sites for hydroxylation is 1. The quantitative estimate of drug-likeness (QED) is 0.877. The van der Waals surface area contributed by atoms with E-state index in [4.69, 9.17) is 0 Å². The van der Waals surface area contributed by atoms with Gasteiger partial charge in [-0.2, -0.15) is 0 Å². The van der Waals surface area contributed by atoms with E-state index in [1.807, 2.05) is 0 Å². The maximum Gasteiger partial charge on any atom is 0.255 e. The van der Waals surface area contributed by atoms with E-state index in [0.29, 0.717) is 5.56 Å². The SMILES string of the molecule is Cc1cccc(C(=O)NCC(=O)N2CCCCC2)c1O. The van der Waals surface area contributed by atoms with Gasteiger partial charge in [0.05, 0.1) is 12.1 Å². The standard InChI is InChI=1S/C15H20N2O3/c1-11-6-5-7-12(14(11)19)15(20)16-10-13(18)17-8-3-2-4-9-17/h5-7,19H,2-4,8-10H2,1H3,(H,16,20). The molecule has 5 nitrogen and oxygen atoms in total. The van der Waals surface area contributed by atoms with Gasteiger partial charge in [0.25, 0.3) is 5.91 Å². The zero-order valence-corrected chi connectivity index (χ0v) is 11.7. The first-order valence-corrected chi connectivity index (χ1v) is 6.94. The number of benzene rings is 1. The topological polar surface area (TPSA) is 69.6 Å². The Morgan fingerprint density at radius 1 is 1.25 bits per heavy atom. The molecule has 2 rings (SSSR count). The van der Waals surface area contributed by atoms with Crippen molar-refractivity contribution in [2.45, 2.75) is 26.2 Å². The third-order valence-electron chi connectivity index (χ3n) is 3.59.